The minimum absolute atomic E-state index is 0.123. The van der Waals surface area contributed by atoms with E-state index in [9.17, 15) is 18.0 Å². The highest BCUT2D eigenvalue weighted by Crippen LogP contribution is 2.27. The Labute approximate surface area is 155 Å². The molecule has 0 saturated heterocycles. The molecule has 148 valence electrons. The van der Waals surface area contributed by atoms with Crippen LogP contribution in [0, 0.1) is 6.92 Å². The molecular formula is C17H28N2O6S. The highest BCUT2D eigenvalue weighted by Gasteiger charge is 2.38. The summed E-state index contributed by atoms with van der Waals surface area (Å²) in [6, 6.07) is -0.666. The molecule has 1 amide bonds. The van der Waals surface area contributed by atoms with Crippen molar-refractivity contribution in [2.75, 3.05) is 6.61 Å². The minimum Gasteiger partial charge on any atom is -0.461 e. The Hall–Kier alpha value is -2.03. The number of carbonyl (C=O) groups is 2. The van der Waals surface area contributed by atoms with E-state index in [0.717, 1.165) is 0 Å². The van der Waals surface area contributed by atoms with Gasteiger partial charge in [-0.1, -0.05) is 0 Å². The fourth-order valence-corrected chi connectivity index (χ4v) is 4.25. The van der Waals surface area contributed by atoms with Gasteiger partial charge in [0.2, 0.25) is 0 Å². The van der Waals surface area contributed by atoms with Gasteiger partial charge < -0.3 is 14.0 Å². The average molecular weight is 388 g/mol. The summed E-state index contributed by atoms with van der Waals surface area (Å²) in [6.45, 7) is 11.5. The monoisotopic (exact) mass is 388 g/mol. The Bertz CT molecular complexity index is 787. The Kier molecular flexibility index (Phi) is 6.51. The van der Waals surface area contributed by atoms with Gasteiger partial charge in [-0.25, -0.2) is 18.0 Å². The molecule has 0 aliphatic carbocycles. The van der Waals surface area contributed by atoms with Gasteiger partial charge in [-0.3, -0.25) is 0 Å². The first-order valence-corrected chi connectivity index (χ1v) is 9.78. The maximum atomic E-state index is 13.1. The summed E-state index contributed by atoms with van der Waals surface area (Å²) >= 11 is 0. The molecule has 0 radical (unpaired) electrons. The number of amides is 1. The van der Waals surface area contributed by atoms with E-state index in [0.29, 0.717) is 4.31 Å². The summed E-state index contributed by atoms with van der Waals surface area (Å²) in [5.41, 5.74) is -0.500. The van der Waals surface area contributed by atoms with Gasteiger partial charge in [0.05, 0.1) is 6.61 Å². The highest BCUT2D eigenvalue weighted by atomic mass is 32.2. The predicted molar refractivity (Wildman–Crippen MR) is 96.5 cm³/mol. The second-order valence-electron chi connectivity index (χ2n) is 7.17. The van der Waals surface area contributed by atoms with E-state index in [4.69, 9.17) is 9.47 Å². The number of esters is 1. The number of aryl methyl sites for hydroxylation is 1. The van der Waals surface area contributed by atoms with Gasteiger partial charge in [0.15, 0.2) is 0 Å². The van der Waals surface area contributed by atoms with Crippen molar-refractivity contribution < 1.29 is 27.5 Å². The summed E-state index contributed by atoms with van der Waals surface area (Å²) in [5, 5.41) is 0. The van der Waals surface area contributed by atoms with Crippen LogP contribution in [-0.2, 0) is 26.5 Å². The third kappa shape index (κ3) is 4.57. The van der Waals surface area contributed by atoms with Crippen molar-refractivity contribution in [2.24, 2.45) is 7.05 Å². The normalized spacial score (nSPS) is 12.2. The molecular weight excluding hydrogens is 360 g/mol. The zero-order valence-electron chi connectivity index (χ0n) is 16.6. The Balaban J connectivity index is 3.45. The van der Waals surface area contributed by atoms with E-state index >= 15 is 0 Å². The third-order valence-electron chi connectivity index (χ3n) is 3.44. The molecule has 0 unspecified atom stereocenters. The summed E-state index contributed by atoms with van der Waals surface area (Å²) in [4.78, 5) is 24.5. The third-order valence-corrected chi connectivity index (χ3v) is 5.49. The van der Waals surface area contributed by atoms with Crippen LogP contribution in [0.15, 0.2) is 11.1 Å². The van der Waals surface area contributed by atoms with Crippen molar-refractivity contribution in [3.63, 3.8) is 0 Å². The number of nitrogens with zero attached hydrogens (tertiary/aromatic N) is 2. The van der Waals surface area contributed by atoms with Gasteiger partial charge in [0.25, 0.3) is 10.0 Å². The highest BCUT2D eigenvalue weighted by molar-refractivity contribution is 7.89. The van der Waals surface area contributed by atoms with E-state index in [1.807, 2.05) is 0 Å². The van der Waals surface area contributed by atoms with Crippen LogP contribution < -0.4 is 0 Å². The van der Waals surface area contributed by atoms with Crippen molar-refractivity contribution in [1.29, 1.82) is 0 Å². The lowest BCUT2D eigenvalue weighted by molar-refractivity contribution is 0.0356. The standard InChI is InChI=1S/C17H28N2O6S/c1-9-24-15(20)14-12(4)13(10-18(14)8)26(22,23)19(11(2)3)16(21)25-17(5,6)7/h10-11H,9H2,1-8H3. The molecule has 0 N–H and O–H groups in total. The molecule has 1 aromatic heterocycles. The van der Waals surface area contributed by atoms with Crippen LogP contribution in [0.4, 0.5) is 4.79 Å². The Morgan fingerprint density at radius 2 is 1.81 bits per heavy atom. The molecule has 1 aromatic rings. The molecule has 0 aliphatic rings. The molecule has 0 atom stereocenters. The lowest BCUT2D eigenvalue weighted by atomic mass is 10.2. The Morgan fingerprint density at radius 3 is 2.23 bits per heavy atom. The van der Waals surface area contributed by atoms with Crippen molar-refractivity contribution in [3.8, 4) is 0 Å². The van der Waals surface area contributed by atoms with Gasteiger partial charge in [0.1, 0.15) is 16.2 Å². The van der Waals surface area contributed by atoms with Gasteiger partial charge in [0, 0.05) is 24.8 Å². The van der Waals surface area contributed by atoms with Gasteiger partial charge in [-0.05, 0) is 48.5 Å². The number of hydrogen-bond acceptors (Lipinski definition) is 6. The van der Waals surface area contributed by atoms with Crippen LogP contribution in [-0.4, -0.2) is 47.6 Å². The number of hydrogen-bond donors (Lipinski definition) is 0. The molecule has 26 heavy (non-hydrogen) atoms. The molecule has 0 aliphatic heterocycles. The van der Waals surface area contributed by atoms with Crippen LogP contribution in [0.3, 0.4) is 0 Å². The summed E-state index contributed by atoms with van der Waals surface area (Å²) < 4.78 is 38.5. The van der Waals surface area contributed by atoms with Crippen molar-refractivity contribution in [1.82, 2.24) is 8.87 Å². The van der Waals surface area contributed by atoms with Crippen LogP contribution in [0.25, 0.3) is 0 Å². The lowest BCUT2D eigenvalue weighted by Gasteiger charge is -2.29. The first-order valence-electron chi connectivity index (χ1n) is 8.34. The van der Waals surface area contributed by atoms with Gasteiger partial charge >= 0.3 is 12.1 Å². The number of aromatic nitrogens is 1. The van der Waals surface area contributed by atoms with E-state index in [1.165, 1.54) is 17.7 Å². The number of rotatable bonds is 5. The molecule has 1 heterocycles. The minimum atomic E-state index is -4.22. The maximum Gasteiger partial charge on any atom is 0.424 e. The topological polar surface area (TPSA) is 94.9 Å². The molecule has 8 nitrogen and oxygen atoms in total. The lowest BCUT2D eigenvalue weighted by Crippen LogP contribution is -2.44. The summed E-state index contributed by atoms with van der Waals surface area (Å²) in [7, 11) is -2.68. The van der Waals surface area contributed by atoms with Crippen LogP contribution in [0.2, 0.25) is 0 Å². The summed E-state index contributed by atoms with van der Waals surface area (Å²) in [6.07, 6.45) is 0.338. The maximum absolute atomic E-state index is 13.1. The molecule has 0 bridgehead atoms. The fourth-order valence-electron chi connectivity index (χ4n) is 2.47. The van der Waals surface area contributed by atoms with Crippen molar-refractivity contribution >= 4 is 22.1 Å². The predicted octanol–water partition coefficient (Wildman–Crippen LogP) is 2.84. The number of carbonyl (C=O) groups excluding carboxylic acids is 2. The van der Waals surface area contributed by atoms with E-state index in [-0.39, 0.29) is 22.8 Å². The zero-order valence-corrected chi connectivity index (χ0v) is 17.4. The first kappa shape index (κ1) is 22.0. The molecule has 0 aromatic carbocycles. The van der Waals surface area contributed by atoms with E-state index in [1.54, 1.807) is 48.6 Å². The SMILES string of the molecule is CCOC(=O)c1c(C)c(S(=O)(=O)N(C(=O)OC(C)(C)C)C(C)C)cn1C. The quantitative estimate of drug-likeness (QED) is 0.720. The van der Waals surface area contributed by atoms with E-state index < -0.39 is 33.7 Å². The molecule has 9 heteroatoms. The van der Waals surface area contributed by atoms with Crippen molar-refractivity contribution in [2.45, 2.75) is 65.0 Å². The second-order valence-corrected chi connectivity index (χ2v) is 8.96. The summed E-state index contributed by atoms with van der Waals surface area (Å²) in [5.74, 6) is -0.623. The zero-order chi connectivity index (χ0) is 20.4. The fraction of sp³-hybridized carbons (Fsp3) is 0.647. The molecule has 0 saturated carbocycles. The Morgan fingerprint density at radius 1 is 1.27 bits per heavy atom. The molecule has 0 fully saturated rings. The van der Waals surface area contributed by atoms with Crippen LogP contribution >= 0.6 is 0 Å². The van der Waals surface area contributed by atoms with E-state index in [2.05, 4.69) is 0 Å². The number of sulfonamides is 1. The molecule has 0 spiro atoms. The van der Waals surface area contributed by atoms with Crippen LogP contribution in [0.1, 0.15) is 57.6 Å². The van der Waals surface area contributed by atoms with Crippen LogP contribution in [0.5, 0.6) is 0 Å². The van der Waals surface area contributed by atoms with Gasteiger partial charge in [-0.15, -0.1) is 0 Å². The number of ether oxygens (including phenoxy) is 2. The largest absolute Gasteiger partial charge is 0.461 e. The van der Waals surface area contributed by atoms with Crippen molar-refractivity contribution in [3.05, 3.63) is 17.5 Å². The average Bonchev–Trinajstić information content (AvgIpc) is 2.71. The molecule has 1 rings (SSSR count). The second kappa shape index (κ2) is 7.69. The first-order chi connectivity index (χ1) is 11.7. The van der Waals surface area contributed by atoms with Gasteiger partial charge in [-0.2, -0.15) is 4.31 Å². The smallest absolute Gasteiger partial charge is 0.424 e.